The van der Waals surface area contributed by atoms with Crippen LogP contribution in [0.2, 0.25) is 0 Å². The number of fused-ring (bicyclic) bond motifs is 1. The monoisotopic (exact) mass is 350 g/mol. The number of methoxy groups -OCH3 is 1. The Morgan fingerprint density at radius 3 is 2.65 bits per heavy atom. The lowest BCUT2D eigenvalue weighted by Crippen LogP contribution is -2.14. The van der Waals surface area contributed by atoms with E-state index < -0.39 is 0 Å². The topological polar surface area (TPSA) is 51.2 Å². The third-order valence-electron chi connectivity index (χ3n) is 4.03. The van der Waals surface area contributed by atoms with Gasteiger partial charge in [-0.1, -0.05) is 51.1 Å². The molecule has 0 fully saturated rings. The Bertz CT molecular complexity index is 861. The maximum atomic E-state index is 12.3. The zero-order chi connectivity index (χ0) is 18.9. The Kier molecular flexibility index (Phi) is 7.15. The fourth-order valence-corrected chi connectivity index (χ4v) is 2.70. The second-order valence-electron chi connectivity index (χ2n) is 5.85. The van der Waals surface area contributed by atoms with E-state index in [0.29, 0.717) is 6.42 Å². The summed E-state index contributed by atoms with van der Waals surface area (Å²) in [5, 5.41) is 3.94. The van der Waals surface area contributed by atoms with Crippen LogP contribution in [-0.4, -0.2) is 18.0 Å². The van der Waals surface area contributed by atoms with Gasteiger partial charge in [0.15, 0.2) is 0 Å². The number of carbonyl (C=O) groups is 1. The first kappa shape index (κ1) is 19.4. The molecule has 0 bridgehead atoms. The molecule has 1 atom stereocenters. The maximum absolute atomic E-state index is 12.3. The van der Waals surface area contributed by atoms with Crippen LogP contribution in [0.1, 0.15) is 38.7 Å². The molecule has 3 rings (SSSR count). The quantitative estimate of drug-likeness (QED) is 0.670. The van der Waals surface area contributed by atoms with E-state index in [1.807, 2.05) is 75.4 Å². The van der Waals surface area contributed by atoms with Crippen LogP contribution in [0.3, 0.4) is 0 Å². The molecule has 0 spiro atoms. The number of benzene rings is 2. The van der Waals surface area contributed by atoms with E-state index in [9.17, 15) is 4.79 Å². The molecule has 136 valence electrons. The summed E-state index contributed by atoms with van der Waals surface area (Å²) in [6, 6.07) is 17.6. The molecule has 2 aromatic carbocycles. The molecule has 4 heteroatoms. The van der Waals surface area contributed by atoms with E-state index in [-0.39, 0.29) is 11.8 Å². The molecular weight excluding hydrogens is 324 g/mol. The molecule has 1 heterocycles. The van der Waals surface area contributed by atoms with E-state index in [2.05, 4.69) is 10.3 Å². The Labute approximate surface area is 155 Å². The SMILES string of the molecule is CC.COc1cccc(C(C)CC(=O)Nc2cnc3ccccc3c2)c1. The number of aromatic nitrogens is 1. The lowest BCUT2D eigenvalue weighted by atomic mass is 9.97. The summed E-state index contributed by atoms with van der Waals surface area (Å²) in [6.07, 6.45) is 2.09. The molecule has 0 aliphatic heterocycles. The molecule has 0 radical (unpaired) electrons. The van der Waals surface area contributed by atoms with Gasteiger partial charge in [0.25, 0.3) is 0 Å². The summed E-state index contributed by atoms with van der Waals surface area (Å²) in [5.74, 6) is 0.884. The maximum Gasteiger partial charge on any atom is 0.225 e. The Hall–Kier alpha value is -2.88. The highest BCUT2D eigenvalue weighted by atomic mass is 16.5. The molecule has 0 saturated heterocycles. The van der Waals surface area contributed by atoms with Gasteiger partial charge >= 0.3 is 0 Å². The molecule has 1 unspecified atom stereocenters. The molecule has 26 heavy (non-hydrogen) atoms. The molecule has 3 aromatic rings. The fourth-order valence-electron chi connectivity index (χ4n) is 2.70. The van der Waals surface area contributed by atoms with Crippen LogP contribution in [-0.2, 0) is 4.79 Å². The third kappa shape index (κ3) is 5.06. The lowest BCUT2D eigenvalue weighted by Gasteiger charge is -2.13. The minimum Gasteiger partial charge on any atom is -0.497 e. The van der Waals surface area contributed by atoms with Gasteiger partial charge < -0.3 is 10.1 Å². The number of nitrogens with one attached hydrogen (secondary N) is 1. The minimum atomic E-state index is -0.0256. The van der Waals surface area contributed by atoms with Gasteiger partial charge in [0.1, 0.15) is 5.75 Å². The Balaban J connectivity index is 0.00000117. The van der Waals surface area contributed by atoms with Gasteiger partial charge in [0.2, 0.25) is 5.91 Å². The Morgan fingerprint density at radius 1 is 1.12 bits per heavy atom. The summed E-state index contributed by atoms with van der Waals surface area (Å²) in [5.41, 5.74) is 2.72. The zero-order valence-corrected chi connectivity index (χ0v) is 15.8. The summed E-state index contributed by atoms with van der Waals surface area (Å²) < 4.78 is 5.24. The van der Waals surface area contributed by atoms with Gasteiger partial charge in [-0.25, -0.2) is 0 Å². The van der Waals surface area contributed by atoms with Gasteiger partial charge in [0, 0.05) is 11.8 Å². The molecule has 1 amide bonds. The second-order valence-corrected chi connectivity index (χ2v) is 5.85. The van der Waals surface area contributed by atoms with Crippen molar-refractivity contribution in [2.75, 3.05) is 12.4 Å². The molecule has 1 N–H and O–H groups in total. The summed E-state index contributed by atoms with van der Waals surface area (Å²) in [4.78, 5) is 16.7. The first-order chi connectivity index (χ1) is 12.7. The number of carbonyl (C=O) groups excluding carboxylic acids is 1. The van der Waals surface area contributed by atoms with Crippen LogP contribution in [0, 0.1) is 0 Å². The van der Waals surface area contributed by atoms with Crippen molar-refractivity contribution < 1.29 is 9.53 Å². The van der Waals surface area contributed by atoms with Crippen LogP contribution < -0.4 is 10.1 Å². The smallest absolute Gasteiger partial charge is 0.225 e. The minimum absolute atomic E-state index is 0.0256. The summed E-state index contributed by atoms with van der Waals surface area (Å²) in [7, 11) is 1.64. The number of hydrogen-bond donors (Lipinski definition) is 1. The predicted octanol–water partition coefficient (Wildman–Crippen LogP) is 5.40. The highest BCUT2D eigenvalue weighted by Gasteiger charge is 2.12. The zero-order valence-electron chi connectivity index (χ0n) is 15.8. The van der Waals surface area contributed by atoms with Crippen LogP contribution in [0.15, 0.2) is 60.8 Å². The van der Waals surface area contributed by atoms with E-state index in [4.69, 9.17) is 4.74 Å². The number of nitrogens with zero attached hydrogens (tertiary/aromatic N) is 1. The van der Waals surface area contributed by atoms with Gasteiger partial charge in [-0.2, -0.15) is 0 Å². The fraction of sp³-hybridized carbons (Fsp3) is 0.273. The number of hydrogen-bond acceptors (Lipinski definition) is 3. The highest BCUT2D eigenvalue weighted by molar-refractivity contribution is 5.93. The largest absolute Gasteiger partial charge is 0.497 e. The van der Waals surface area contributed by atoms with E-state index in [1.54, 1.807) is 13.3 Å². The van der Waals surface area contributed by atoms with E-state index in [1.165, 1.54) is 0 Å². The highest BCUT2D eigenvalue weighted by Crippen LogP contribution is 2.24. The number of pyridine rings is 1. The molecule has 0 saturated carbocycles. The number of anilines is 1. The van der Waals surface area contributed by atoms with Gasteiger partial charge in [0.05, 0.1) is 24.5 Å². The summed E-state index contributed by atoms with van der Waals surface area (Å²) in [6.45, 7) is 6.03. The van der Waals surface area contributed by atoms with Crippen molar-refractivity contribution in [3.8, 4) is 5.75 Å². The van der Waals surface area contributed by atoms with Crippen molar-refractivity contribution >= 4 is 22.5 Å². The number of amides is 1. The van der Waals surface area contributed by atoms with Crippen molar-refractivity contribution in [2.45, 2.75) is 33.1 Å². The van der Waals surface area contributed by atoms with Gasteiger partial charge in [-0.15, -0.1) is 0 Å². The van der Waals surface area contributed by atoms with Gasteiger partial charge in [-0.3, -0.25) is 9.78 Å². The molecule has 1 aromatic heterocycles. The van der Waals surface area contributed by atoms with Crippen molar-refractivity contribution in [1.29, 1.82) is 0 Å². The number of para-hydroxylation sites is 1. The first-order valence-electron chi connectivity index (χ1n) is 8.94. The number of rotatable bonds is 5. The van der Waals surface area contributed by atoms with Crippen LogP contribution in [0.4, 0.5) is 5.69 Å². The molecule has 4 nitrogen and oxygen atoms in total. The second kappa shape index (κ2) is 9.56. The molecular formula is C22H26N2O2. The van der Waals surface area contributed by atoms with Crippen molar-refractivity contribution in [2.24, 2.45) is 0 Å². The summed E-state index contributed by atoms with van der Waals surface area (Å²) >= 11 is 0. The molecule has 0 aliphatic rings. The van der Waals surface area contributed by atoms with Gasteiger partial charge in [-0.05, 0) is 35.7 Å². The van der Waals surface area contributed by atoms with Crippen LogP contribution >= 0.6 is 0 Å². The van der Waals surface area contributed by atoms with E-state index >= 15 is 0 Å². The van der Waals surface area contributed by atoms with Crippen LogP contribution in [0.25, 0.3) is 10.9 Å². The Morgan fingerprint density at radius 2 is 1.88 bits per heavy atom. The first-order valence-corrected chi connectivity index (χ1v) is 8.94. The average Bonchev–Trinajstić information content (AvgIpc) is 2.69. The average molecular weight is 350 g/mol. The van der Waals surface area contributed by atoms with Crippen molar-refractivity contribution in [3.63, 3.8) is 0 Å². The predicted molar refractivity (Wildman–Crippen MR) is 108 cm³/mol. The van der Waals surface area contributed by atoms with Crippen molar-refractivity contribution in [1.82, 2.24) is 4.98 Å². The standard InChI is InChI=1S/C20H20N2O2.C2H6/c1-14(15-7-5-8-18(12-15)24-2)10-20(23)22-17-11-16-6-3-4-9-19(16)21-13-17;1-2/h3-9,11-14H,10H2,1-2H3,(H,22,23);1-2H3. The number of ether oxygens (including phenoxy) is 1. The normalized spacial score (nSPS) is 11.2. The van der Waals surface area contributed by atoms with E-state index in [0.717, 1.165) is 27.9 Å². The lowest BCUT2D eigenvalue weighted by molar-refractivity contribution is -0.116. The van der Waals surface area contributed by atoms with Crippen molar-refractivity contribution in [3.05, 3.63) is 66.4 Å². The third-order valence-corrected chi connectivity index (χ3v) is 4.03. The molecule has 0 aliphatic carbocycles. The van der Waals surface area contributed by atoms with Crippen LogP contribution in [0.5, 0.6) is 5.75 Å².